The monoisotopic (exact) mass is 111 g/mol. The van der Waals surface area contributed by atoms with E-state index in [0.717, 1.165) is 0 Å². The second-order valence-electron chi connectivity index (χ2n) is 1.35. The van der Waals surface area contributed by atoms with Gasteiger partial charge in [-0.2, -0.15) is 0 Å². The molecule has 0 spiro atoms. The lowest BCUT2D eigenvalue weighted by atomic mass is 10.4. The summed E-state index contributed by atoms with van der Waals surface area (Å²) in [7, 11) is 0. The van der Waals surface area contributed by atoms with Crippen molar-refractivity contribution in [3.8, 4) is 0 Å². The quantitative estimate of drug-likeness (QED) is 0.445. The number of hydrogen-bond donors (Lipinski definition) is 0. The fraction of sp³-hybridized carbons (Fsp3) is 0.200. The Balaban J connectivity index is 2.58. The van der Waals surface area contributed by atoms with Gasteiger partial charge in [-0.3, -0.25) is 4.79 Å². The highest BCUT2D eigenvalue weighted by molar-refractivity contribution is 5.91. The van der Waals surface area contributed by atoms with E-state index in [0.29, 0.717) is 0 Å². The lowest BCUT2D eigenvalue weighted by molar-refractivity contribution is -0.116. The summed E-state index contributed by atoms with van der Waals surface area (Å²) in [4.78, 5) is 14.0. The molecule has 0 fully saturated rings. The Morgan fingerprint density at radius 3 is 3.50 bits per heavy atom. The third kappa shape index (κ3) is 1.18. The van der Waals surface area contributed by atoms with E-state index in [2.05, 4.69) is 9.73 Å². The number of carbonyl (C=O) groups excluding carboxylic acids is 1. The SMILES string of the molecule is O=C1C=CN=COC1. The average Bonchev–Trinajstić information content (AvgIpc) is 1.94. The maximum absolute atomic E-state index is 10.4. The fourth-order valence-corrected chi connectivity index (χ4v) is 0.372. The summed E-state index contributed by atoms with van der Waals surface area (Å²) < 4.78 is 4.60. The van der Waals surface area contributed by atoms with Crippen LogP contribution >= 0.6 is 0 Å². The topological polar surface area (TPSA) is 38.7 Å². The van der Waals surface area contributed by atoms with Gasteiger partial charge in [0.1, 0.15) is 0 Å². The lowest BCUT2D eigenvalue weighted by Crippen LogP contribution is -2.01. The first-order valence-electron chi connectivity index (χ1n) is 2.22. The molecule has 0 radical (unpaired) electrons. The summed E-state index contributed by atoms with van der Waals surface area (Å²) in [5, 5.41) is 0. The van der Waals surface area contributed by atoms with E-state index in [1.54, 1.807) is 0 Å². The molecule has 3 nitrogen and oxygen atoms in total. The molecule has 0 saturated heterocycles. The van der Waals surface area contributed by atoms with Gasteiger partial charge < -0.3 is 4.74 Å². The highest BCUT2D eigenvalue weighted by atomic mass is 16.5. The van der Waals surface area contributed by atoms with Gasteiger partial charge in [0.2, 0.25) is 0 Å². The largest absolute Gasteiger partial charge is 0.475 e. The van der Waals surface area contributed by atoms with Crippen molar-refractivity contribution in [2.24, 2.45) is 4.99 Å². The van der Waals surface area contributed by atoms with Crippen molar-refractivity contribution in [1.29, 1.82) is 0 Å². The Hall–Kier alpha value is -1.12. The van der Waals surface area contributed by atoms with Gasteiger partial charge in [-0.05, 0) is 0 Å². The number of ketones is 1. The minimum Gasteiger partial charge on any atom is -0.475 e. The molecule has 0 amide bonds. The van der Waals surface area contributed by atoms with Crippen LogP contribution < -0.4 is 0 Å². The zero-order chi connectivity index (χ0) is 5.82. The van der Waals surface area contributed by atoms with E-state index in [1.807, 2.05) is 0 Å². The molecule has 1 aliphatic heterocycles. The Morgan fingerprint density at radius 1 is 1.75 bits per heavy atom. The van der Waals surface area contributed by atoms with Crippen LogP contribution in [0.3, 0.4) is 0 Å². The lowest BCUT2D eigenvalue weighted by Gasteiger charge is -1.87. The normalized spacial score (nSPS) is 17.8. The molecule has 1 rings (SSSR count). The standard InChI is InChI=1S/C5H5NO2/c7-5-1-2-6-4-8-3-5/h1-2,4H,3H2. The highest BCUT2D eigenvalue weighted by Gasteiger charge is 1.95. The minimum atomic E-state index is -0.0532. The smallest absolute Gasteiger partial charge is 0.194 e. The third-order valence-corrected chi connectivity index (χ3v) is 0.707. The van der Waals surface area contributed by atoms with Crippen LogP contribution in [-0.4, -0.2) is 18.8 Å². The molecular formula is C5H5NO2. The zero-order valence-electron chi connectivity index (χ0n) is 4.20. The molecule has 1 aliphatic rings. The molecule has 0 unspecified atom stereocenters. The van der Waals surface area contributed by atoms with Crippen LogP contribution in [0.4, 0.5) is 0 Å². The van der Waals surface area contributed by atoms with Gasteiger partial charge in [0.15, 0.2) is 18.8 Å². The van der Waals surface area contributed by atoms with Gasteiger partial charge in [0.25, 0.3) is 0 Å². The Kier molecular flexibility index (Phi) is 1.42. The van der Waals surface area contributed by atoms with Crippen LogP contribution in [0.25, 0.3) is 0 Å². The average molecular weight is 111 g/mol. The predicted octanol–water partition coefficient (Wildman–Crippen LogP) is 0.128. The molecule has 0 atom stereocenters. The first kappa shape index (κ1) is 5.03. The van der Waals surface area contributed by atoms with Crippen molar-refractivity contribution in [3.05, 3.63) is 12.3 Å². The molecular weight excluding hydrogens is 106 g/mol. The van der Waals surface area contributed by atoms with E-state index < -0.39 is 0 Å². The Morgan fingerprint density at radius 2 is 2.62 bits per heavy atom. The second-order valence-corrected chi connectivity index (χ2v) is 1.35. The van der Waals surface area contributed by atoms with Crippen molar-refractivity contribution in [2.45, 2.75) is 0 Å². The predicted molar refractivity (Wildman–Crippen MR) is 28.6 cm³/mol. The molecule has 3 heteroatoms. The van der Waals surface area contributed by atoms with Gasteiger partial charge in [0, 0.05) is 12.3 Å². The first-order chi connectivity index (χ1) is 3.89. The van der Waals surface area contributed by atoms with E-state index >= 15 is 0 Å². The molecule has 0 bridgehead atoms. The van der Waals surface area contributed by atoms with Crippen LogP contribution in [0.15, 0.2) is 17.3 Å². The fourth-order valence-electron chi connectivity index (χ4n) is 0.372. The number of ether oxygens (including phenoxy) is 1. The van der Waals surface area contributed by atoms with Crippen molar-refractivity contribution < 1.29 is 9.53 Å². The molecule has 0 aromatic rings. The van der Waals surface area contributed by atoms with Crippen LogP contribution in [0.1, 0.15) is 0 Å². The first-order valence-corrected chi connectivity index (χ1v) is 2.22. The summed E-state index contributed by atoms with van der Waals surface area (Å²) in [6, 6.07) is 0. The van der Waals surface area contributed by atoms with E-state index in [-0.39, 0.29) is 12.4 Å². The molecule has 1 heterocycles. The second kappa shape index (κ2) is 2.26. The number of rotatable bonds is 0. The maximum atomic E-state index is 10.4. The van der Waals surface area contributed by atoms with E-state index in [4.69, 9.17) is 0 Å². The zero-order valence-corrected chi connectivity index (χ0v) is 4.20. The molecule has 0 saturated carbocycles. The van der Waals surface area contributed by atoms with Gasteiger partial charge in [-0.15, -0.1) is 0 Å². The Bertz CT molecular complexity index is 149. The number of hydrogen-bond acceptors (Lipinski definition) is 3. The van der Waals surface area contributed by atoms with Crippen LogP contribution in [0.5, 0.6) is 0 Å². The molecule has 0 aromatic carbocycles. The number of carbonyl (C=O) groups is 1. The summed E-state index contributed by atoms with van der Waals surface area (Å²) in [6.45, 7) is 0.111. The third-order valence-electron chi connectivity index (χ3n) is 0.707. The molecule has 0 N–H and O–H groups in total. The summed E-state index contributed by atoms with van der Waals surface area (Å²) in [5.74, 6) is -0.0532. The summed E-state index contributed by atoms with van der Waals surface area (Å²) in [5.41, 5.74) is 0. The number of aliphatic imine (C=N–C) groups is 1. The molecule has 0 aliphatic carbocycles. The highest BCUT2D eigenvalue weighted by Crippen LogP contribution is 1.84. The van der Waals surface area contributed by atoms with Crippen LogP contribution in [0.2, 0.25) is 0 Å². The van der Waals surface area contributed by atoms with Gasteiger partial charge in [-0.1, -0.05) is 0 Å². The van der Waals surface area contributed by atoms with E-state index in [9.17, 15) is 4.79 Å². The molecule has 0 aromatic heterocycles. The van der Waals surface area contributed by atoms with Crippen molar-refractivity contribution >= 4 is 12.2 Å². The Labute approximate surface area is 46.7 Å². The maximum Gasteiger partial charge on any atom is 0.194 e. The molecule has 42 valence electrons. The molecule has 8 heavy (non-hydrogen) atoms. The van der Waals surface area contributed by atoms with Gasteiger partial charge in [-0.25, -0.2) is 4.99 Å². The van der Waals surface area contributed by atoms with Gasteiger partial charge in [0.05, 0.1) is 0 Å². The number of nitrogens with zero attached hydrogens (tertiary/aromatic N) is 1. The van der Waals surface area contributed by atoms with Crippen LogP contribution in [0, 0.1) is 0 Å². The van der Waals surface area contributed by atoms with Crippen molar-refractivity contribution in [2.75, 3.05) is 6.61 Å². The minimum absolute atomic E-state index is 0.0532. The van der Waals surface area contributed by atoms with Crippen LogP contribution in [-0.2, 0) is 9.53 Å². The van der Waals surface area contributed by atoms with E-state index in [1.165, 1.54) is 18.7 Å². The summed E-state index contributed by atoms with van der Waals surface area (Å²) in [6.07, 6.45) is 4.04. The van der Waals surface area contributed by atoms with Crippen molar-refractivity contribution in [1.82, 2.24) is 0 Å². The van der Waals surface area contributed by atoms with Crippen molar-refractivity contribution in [3.63, 3.8) is 0 Å². The van der Waals surface area contributed by atoms with Gasteiger partial charge >= 0.3 is 0 Å². The summed E-state index contributed by atoms with van der Waals surface area (Å²) >= 11 is 0.